The first kappa shape index (κ1) is 9.27. The Morgan fingerprint density at radius 2 is 2.25 bits per heavy atom. The number of isocyanates is 1. The molecule has 0 saturated heterocycles. The van der Waals surface area contributed by atoms with Gasteiger partial charge in [-0.25, -0.2) is 4.79 Å². The van der Waals surface area contributed by atoms with Gasteiger partial charge in [-0.1, -0.05) is 17.7 Å². The molecule has 0 aliphatic rings. The van der Waals surface area contributed by atoms with E-state index in [1.54, 1.807) is 18.2 Å². The Balaban J connectivity index is 3.26. The van der Waals surface area contributed by atoms with Crippen molar-refractivity contribution in [3.8, 4) is 0 Å². The summed E-state index contributed by atoms with van der Waals surface area (Å²) >= 11 is 11.4. The van der Waals surface area contributed by atoms with Gasteiger partial charge in [-0.2, -0.15) is 4.99 Å². The second-order valence-corrected chi connectivity index (χ2v) is 2.75. The van der Waals surface area contributed by atoms with Gasteiger partial charge < -0.3 is 0 Å². The van der Waals surface area contributed by atoms with Crippen LogP contribution in [0, 0.1) is 0 Å². The third kappa shape index (κ3) is 1.86. The highest BCUT2D eigenvalue weighted by Crippen LogP contribution is 2.27. The molecule has 0 fully saturated rings. The Hall–Kier alpha value is -0.820. The van der Waals surface area contributed by atoms with Crippen LogP contribution < -0.4 is 0 Å². The molecule has 0 bridgehead atoms. The molecule has 0 aliphatic carbocycles. The molecule has 0 unspecified atom stereocenters. The zero-order valence-electron chi connectivity index (χ0n) is 6.05. The van der Waals surface area contributed by atoms with Crippen LogP contribution in [0.5, 0.6) is 0 Å². The van der Waals surface area contributed by atoms with Gasteiger partial charge in [0.25, 0.3) is 0 Å². The monoisotopic (exact) mass is 201 g/mol. The summed E-state index contributed by atoms with van der Waals surface area (Å²) in [6.07, 6.45) is 1.44. The maximum absolute atomic E-state index is 9.98. The lowest BCUT2D eigenvalue weighted by Gasteiger charge is -2.01. The summed E-state index contributed by atoms with van der Waals surface area (Å²) in [7, 11) is 0. The summed E-state index contributed by atoms with van der Waals surface area (Å²) < 4.78 is 0. The maximum atomic E-state index is 9.98. The number of hydrogen-bond donors (Lipinski definition) is 0. The highest BCUT2D eigenvalue weighted by molar-refractivity contribution is 6.32. The molecule has 0 heterocycles. The average Bonchev–Trinajstić information content (AvgIpc) is 2.05. The van der Waals surface area contributed by atoms with Gasteiger partial charge in [0.2, 0.25) is 6.08 Å². The molecular formula is C8H5Cl2NO. The van der Waals surface area contributed by atoms with Gasteiger partial charge >= 0.3 is 0 Å². The van der Waals surface area contributed by atoms with Gasteiger partial charge in [-0.3, -0.25) is 0 Å². The predicted molar refractivity (Wildman–Crippen MR) is 48.8 cm³/mol. The van der Waals surface area contributed by atoms with Crippen molar-refractivity contribution in [2.45, 2.75) is 5.88 Å². The second kappa shape index (κ2) is 4.27. The van der Waals surface area contributed by atoms with Crippen LogP contribution in [-0.4, -0.2) is 6.08 Å². The van der Waals surface area contributed by atoms with Crippen LogP contribution in [-0.2, 0) is 10.7 Å². The summed E-state index contributed by atoms with van der Waals surface area (Å²) in [5.41, 5.74) is 1.14. The molecule has 1 aromatic rings. The van der Waals surface area contributed by atoms with Gasteiger partial charge in [0.1, 0.15) is 0 Å². The van der Waals surface area contributed by atoms with Crippen LogP contribution in [0.25, 0.3) is 0 Å². The average molecular weight is 202 g/mol. The molecule has 0 radical (unpaired) electrons. The fourth-order valence-corrected chi connectivity index (χ4v) is 1.42. The summed E-state index contributed by atoms with van der Waals surface area (Å²) in [4.78, 5) is 13.4. The lowest BCUT2D eigenvalue weighted by Crippen LogP contribution is -1.80. The van der Waals surface area contributed by atoms with Gasteiger partial charge in [0, 0.05) is 10.6 Å². The molecule has 0 N–H and O–H groups in total. The van der Waals surface area contributed by atoms with Crippen molar-refractivity contribution in [2.75, 3.05) is 0 Å². The smallest absolute Gasteiger partial charge is 0.211 e. The Labute approximate surface area is 79.8 Å². The standard InChI is InChI=1S/C8H5Cl2NO/c9-4-6-7(10)2-1-3-8(6)11-5-12/h1-3H,4H2. The van der Waals surface area contributed by atoms with Crippen LogP contribution in [0.4, 0.5) is 5.69 Å². The van der Waals surface area contributed by atoms with Crippen molar-refractivity contribution in [3.63, 3.8) is 0 Å². The molecule has 12 heavy (non-hydrogen) atoms. The minimum Gasteiger partial charge on any atom is -0.211 e. The number of halogens is 2. The molecule has 0 aliphatic heterocycles. The minimum atomic E-state index is 0.236. The van der Waals surface area contributed by atoms with Crippen LogP contribution in [0.2, 0.25) is 5.02 Å². The second-order valence-electron chi connectivity index (χ2n) is 2.07. The summed E-state index contributed by atoms with van der Waals surface area (Å²) in [6.45, 7) is 0. The SMILES string of the molecule is O=C=Nc1cccc(Cl)c1CCl. The van der Waals surface area contributed by atoms with Crippen molar-refractivity contribution in [1.29, 1.82) is 0 Å². The van der Waals surface area contributed by atoms with Crippen LogP contribution in [0.15, 0.2) is 23.2 Å². The molecular weight excluding hydrogens is 197 g/mol. The number of benzene rings is 1. The van der Waals surface area contributed by atoms with E-state index in [0.29, 0.717) is 16.3 Å². The zero-order chi connectivity index (χ0) is 8.97. The third-order valence-electron chi connectivity index (χ3n) is 1.39. The Kier molecular flexibility index (Phi) is 3.30. The molecule has 2 nitrogen and oxygen atoms in total. The quantitative estimate of drug-likeness (QED) is 0.411. The Bertz CT molecular complexity index is 332. The molecule has 0 saturated carbocycles. The fraction of sp³-hybridized carbons (Fsp3) is 0.125. The first-order valence-electron chi connectivity index (χ1n) is 3.21. The predicted octanol–water partition coefficient (Wildman–Crippen LogP) is 3.05. The summed E-state index contributed by atoms with van der Waals surface area (Å²) in [5.74, 6) is 0.236. The number of carbonyl (C=O) groups excluding carboxylic acids is 1. The van der Waals surface area contributed by atoms with E-state index >= 15 is 0 Å². The molecule has 4 heteroatoms. The highest BCUT2D eigenvalue weighted by Gasteiger charge is 2.03. The van der Waals surface area contributed by atoms with Crippen molar-refractivity contribution >= 4 is 35.0 Å². The zero-order valence-corrected chi connectivity index (χ0v) is 7.56. The first-order chi connectivity index (χ1) is 5.79. The fourth-order valence-electron chi connectivity index (χ4n) is 0.833. The number of alkyl halides is 1. The van der Waals surface area contributed by atoms with E-state index in [2.05, 4.69) is 4.99 Å². The van der Waals surface area contributed by atoms with E-state index in [0.717, 1.165) is 0 Å². The molecule has 1 aromatic carbocycles. The van der Waals surface area contributed by atoms with Gasteiger partial charge in [-0.15, -0.1) is 11.6 Å². The van der Waals surface area contributed by atoms with Crippen LogP contribution >= 0.6 is 23.2 Å². The van der Waals surface area contributed by atoms with E-state index in [1.807, 2.05) is 0 Å². The topological polar surface area (TPSA) is 29.4 Å². The summed E-state index contributed by atoms with van der Waals surface area (Å²) in [5, 5.41) is 0.515. The van der Waals surface area contributed by atoms with Gasteiger partial charge in [0.15, 0.2) is 0 Å². The molecule has 0 atom stereocenters. The van der Waals surface area contributed by atoms with Crippen molar-refractivity contribution in [1.82, 2.24) is 0 Å². The molecule has 0 spiro atoms. The van der Waals surface area contributed by atoms with E-state index in [4.69, 9.17) is 23.2 Å². The summed E-state index contributed by atoms with van der Waals surface area (Å²) in [6, 6.07) is 5.06. The molecule has 0 aromatic heterocycles. The van der Waals surface area contributed by atoms with E-state index in [1.165, 1.54) is 6.08 Å². The minimum absolute atomic E-state index is 0.236. The van der Waals surface area contributed by atoms with Crippen molar-refractivity contribution in [3.05, 3.63) is 28.8 Å². The van der Waals surface area contributed by atoms with Crippen molar-refractivity contribution in [2.24, 2.45) is 4.99 Å². The third-order valence-corrected chi connectivity index (χ3v) is 2.02. The van der Waals surface area contributed by atoms with E-state index in [9.17, 15) is 4.79 Å². The number of nitrogens with zero attached hydrogens (tertiary/aromatic N) is 1. The molecule has 62 valence electrons. The largest absolute Gasteiger partial charge is 0.240 e. The number of hydrogen-bond acceptors (Lipinski definition) is 2. The number of aliphatic imine (C=N–C) groups is 1. The first-order valence-corrected chi connectivity index (χ1v) is 4.12. The van der Waals surface area contributed by atoms with Crippen molar-refractivity contribution < 1.29 is 4.79 Å². The van der Waals surface area contributed by atoms with Crippen LogP contribution in [0.1, 0.15) is 5.56 Å². The van der Waals surface area contributed by atoms with Gasteiger partial charge in [-0.05, 0) is 12.1 Å². The lowest BCUT2D eigenvalue weighted by atomic mass is 10.2. The van der Waals surface area contributed by atoms with Gasteiger partial charge in [0.05, 0.1) is 11.6 Å². The highest BCUT2D eigenvalue weighted by atomic mass is 35.5. The van der Waals surface area contributed by atoms with Crippen LogP contribution in [0.3, 0.4) is 0 Å². The number of rotatable bonds is 2. The molecule has 0 amide bonds. The normalized spacial score (nSPS) is 9.17. The van der Waals surface area contributed by atoms with E-state index < -0.39 is 0 Å². The molecule has 1 rings (SSSR count). The maximum Gasteiger partial charge on any atom is 0.240 e. The Morgan fingerprint density at radius 3 is 2.83 bits per heavy atom. The van der Waals surface area contributed by atoms with E-state index in [-0.39, 0.29) is 5.88 Å². The Morgan fingerprint density at radius 1 is 1.50 bits per heavy atom. The lowest BCUT2D eigenvalue weighted by molar-refractivity contribution is 0.565.